The molecule has 2 aromatic rings. The summed E-state index contributed by atoms with van der Waals surface area (Å²) in [6.07, 6.45) is 5.30. The van der Waals surface area contributed by atoms with E-state index in [4.69, 9.17) is 14.0 Å². The molecule has 0 saturated carbocycles. The van der Waals surface area contributed by atoms with Gasteiger partial charge in [-0.25, -0.2) is 9.97 Å². The Labute approximate surface area is 141 Å². The molecule has 0 bridgehead atoms. The van der Waals surface area contributed by atoms with Crippen LogP contribution < -0.4 is 4.74 Å². The molecule has 0 radical (unpaired) electrons. The van der Waals surface area contributed by atoms with Gasteiger partial charge in [-0.1, -0.05) is 5.16 Å². The van der Waals surface area contributed by atoms with E-state index in [1.54, 1.807) is 18.5 Å². The smallest absolute Gasteiger partial charge is 0.316 e. The highest BCUT2D eigenvalue weighted by Crippen LogP contribution is 2.37. The third-order valence-corrected chi connectivity index (χ3v) is 4.95. The van der Waals surface area contributed by atoms with Crippen LogP contribution in [-0.4, -0.2) is 51.4 Å². The molecule has 2 aliphatic rings. The highest BCUT2D eigenvalue weighted by molar-refractivity contribution is 5.21. The van der Waals surface area contributed by atoms with Crippen molar-refractivity contribution in [3.05, 3.63) is 35.5 Å². The molecular formula is C17H22N4O3. The number of likely N-dealkylation sites (tertiary alicyclic amines) is 1. The highest BCUT2D eigenvalue weighted by atomic mass is 16.6. The number of aromatic nitrogens is 3. The number of ether oxygens (including phenoxy) is 2. The van der Waals surface area contributed by atoms with Crippen LogP contribution >= 0.6 is 0 Å². The van der Waals surface area contributed by atoms with Gasteiger partial charge >= 0.3 is 6.01 Å². The quantitative estimate of drug-likeness (QED) is 0.847. The molecule has 2 aliphatic heterocycles. The van der Waals surface area contributed by atoms with Gasteiger partial charge in [-0.3, -0.25) is 4.90 Å². The van der Waals surface area contributed by atoms with Crippen LogP contribution in [0.3, 0.4) is 0 Å². The molecular weight excluding hydrogens is 308 g/mol. The summed E-state index contributed by atoms with van der Waals surface area (Å²) in [5.41, 5.74) is 2.05. The molecule has 1 spiro atoms. The fourth-order valence-electron chi connectivity index (χ4n) is 3.67. The van der Waals surface area contributed by atoms with Gasteiger partial charge in [0.15, 0.2) is 0 Å². The van der Waals surface area contributed by atoms with Crippen molar-refractivity contribution in [2.24, 2.45) is 0 Å². The predicted octanol–water partition coefficient (Wildman–Crippen LogP) is 1.89. The van der Waals surface area contributed by atoms with E-state index in [0.29, 0.717) is 12.6 Å². The Morgan fingerprint density at radius 1 is 1.33 bits per heavy atom. The van der Waals surface area contributed by atoms with Crippen LogP contribution in [0.25, 0.3) is 0 Å². The monoisotopic (exact) mass is 330 g/mol. The fraction of sp³-hybridized carbons (Fsp3) is 0.588. The van der Waals surface area contributed by atoms with Gasteiger partial charge in [-0.2, -0.15) is 0 Å². The van der Waals surface area contributed by atoms with Gasteiger partial charge in [0.2, 0.25) is 0 Å². The molecule has 2 atom stereocenters. The second-order valence-electron chi connectivity index (χ2n) is 6.73. The van der Waals surface area contributed by atoms with Gasteiger partial charge < -0.3 is 14.0 Å². The predicted molar refractivity (Wildman–Crippen MR) is 85.6 cm³/mol. The number of hydrogen-bond acceptors (Lipinski definition) is 7. The number of aryl methyl sites for hydroxylation is 2. The van der Waals surface area contributed by atoms with Crippen molar-refractivity contribution in [1.29, 1.82) is 0 Å². The van der Waals surface area contributed by atoms with Crippen LogP contribution in [0.4, 0.5) is 0 Å². The van der Waals surface area contributed by atoms with E-state index < -0.39 is 0 Å². The molecule has 0 unspecified atom stereocenters. The third kappa shape index (κ3) is 3.01. The van der Waals surface area contributed by atoms with E-state index in [1.807, 2.05) is 13.8 Å². The van der Waals surface area contributed by atoms with Crippen molar-refractivity contribution in [2.75, 3.05) is 19.7 Å². The summed E-state index contributed by atoms with van der Waals surface area (Å²) in [7, 11) is 0. The zero-order valence-corrected chi connectivity index (χ0v) is 14.1. The van der Waals surface area contributed by atoms with E-state index >= 15 is 0 Å². The lowest BCUT2D eigenvalue weighted by Crippen LogP contribution is -2.33. The number of nitrogens with zero attached hydrogens (tertiary/aromatic N) is 4. The van der Waals surface area contributed by atoms with Gasteiger partial charge in [0, 0.05) is 44.0 Å². The molecule has 0 N–H and O–H groups in total. The molecule has 7 heteroatoms. The Balaban J connectivity index is 1.36. The first-order valence-electron chi connectivity index (χ1n) is 8.35. The second kappa shape index (κ2) is 6.14. The lowest BCUT2D eigenvalue weighted by Gasteiger charge is -2.23. The summed E-state index contributed by atoms with van der Waals surface area (Å²) < 4.78 is 17.2. The van der Waals surface area contributed by atoms with Crippen LogP contribution in [0.1, 0.15) is 29.9 Å². The van der Waals surface area contributed by atoms with Crippen molar-refractivity contribution < 1.29 is 14.0 Å². The molecule has 0 aromatic carbocycles. The zero-order valence-electron chi connectivity index (χ0n) is 14.1. The third-order valence-electron chi connectivity index (χ3n) is 4.95. The van der Waals surface area contributed by atoms with Crippen LogP contribution in [0.2, 0.25) is 0 Å². The number of rotatable bonds is 4. The van der Waals surface area contributed by atoms with Gasteiger partial charge in [0.25, 0.3) is 0 Å². The normalized spacial score (nSPS) is 27.2. The first-order valence-corrected chi connectivity index (χ1v) is 8.35. The topological polar surface area (TPSA) is 73.5 Å². The standard InChI is InChI=1S/C17H22N4O3/c1-12-15(13(2)24-20-12)9-21-7-4-17(11-21)8-14(10-22-17)23-16-18-5-3-6-19-16/h3,5-6,14H,4,7-11H2,1-2H3/t14-,17+/m1/s1. The van der Waals surface area contributed by atoms with Crippen LogP contribution in [0, 0.1) is 13.8 Å². The van der Waals surface area contributed by atoms with E-state index in [2.05, 4.69) is 20.0 Å². The maximum atomic E-state index is 6.13. The van der Waals surface area contributed by atoms with Gasteiger partial charge in [-0.05, 0) is 26.3 Å². The maximum absolute atomic E-state index is 6.13. The molecule has 0 aliphatic carbocycles. The molecule has 2 aromatic heterocycles. The van der Waals surface area contributed by atoms with Crippen molar-refractivity contribution in [3.63, 3.8) is 0 Å². The first-order chi connectivity index (χ1) is 11.6. The molecule has 24 heavy (non-hydrogen) atoms. The zero-order chi connectivity index (χ0) is 16.6. The average Bonchev–Trinajstić information content (AvgIpc) is 3.26. The minimum absolute atomic E-state index is 0.0198. The minimum atomic E-state index is -0.113. The molecule has 0 amide bonds. The van der Waals surface area contributed by atoms with Crippen LogP contribution in [-0.2, 0) is 11.3 Å². The molecule has 7 nitrogen and oxygen atoms in total. The molecule has 2 fully saturated rings. The van der Waals surface area contributed by atoms with E-state index in [-0.39, 0.29) is 11.7 Å². The summed E-state index contributed by atoms with van der Waals surface area (Å²) in [4.78, 5) is 10.7. The maximum Gasteiger partial charge on any atom is 0.316 e. The van der Waals surface area contributed by atoms with E-state index in [1.165, 1.54) is 5.56 Å². The van der Waals surface area contributed by atoms with Crippen molar-refractivity contribution in [3.8, 4) is 6.01 Å². The summed E-state index contributed by atoms with van der Waals surface area (Å²) in [6, 6.07) is 2.21. The summed E-state index contributed by atoms with van der Waals surface area (Å²) >= 11 is 0. The Morgan fingerprint density at radius 2 is 2.17 bits per heavy atom. The van der Waals surface area contributed by atoms with Crippen LogP contribution in [0.5, 0.6) is 6.01 Å². The van der Waals surface area contributed by atoms with Crippen molar-refractivity contribution >= 4 is 0 Å². The second-order valence-corrected chi connectivity index (χ2v) is 6.73. The van der Waals surface area contributed by atoms with Crippen molar-refractivity contribution in [2.45, 2.75) is 44.9 Å². The average molecular weight is 330 g/mol. The molecule has 128 valence electrons. The minimum Gasteiger partial charge on any atom is -0.458 e. The first kappa shape index (κ1) is 15.5. The Morgan fingerprint density at radius 3 is 2.92 bits per heavy atom. The molecule has 2 saturated heterocycles. The lowest BCUT2D eigenvalue weighted by molar-refractivity contribution is 0.00907. The summed E-state index contributed by atoms with van der Waals surface area (Å²) in [6.45, 7) is 7.34. The SMILES string of the molecule is Cc1noc(C)c1CN1CC[C@]2(C[C@@H](Oc3ncccn3)CO2)C1. The Hall–Kier alpha value is -1.99. The Kier molecular flexibility index (Phi) is 3.97. The van der Waals surface area contributed by atoms with Gasteiger partial charge in [-0.15, -0.1) is 0 Å². The van der Waals surface area contributed by atoms with Gasteiger partial charge in [0.05, 0.1) is 17.9 Å². The van der Waals surface area contributed by atoms with E-state index in [0.717, 1.165) is 43.9 Å². The largest absolute Gasteiger partial charge is 0.458 e. The Bertz CT molecular complexity index is 686. The van der Waals surface area contributed by atoms with Gasteiger partial charge in [0.1, 0.15) is 11.9 Å². The molecule has 4 heterocycles. The molecule has 4 rings (SSSR count). The lowest BCUT2D eigenvalue weighted by atomic mass is 9.98. The van der Waals surface area contributed by atoms with Crippen molar-refractivity contribution in [1.82, 2.24) is 20.0 Å². The summed E-state index contributed by atoms with van der Waals surface area (Å²) in [5.74, 6) is 0.906. The van der Waals surface area contributed by atoms with Crippen LogP contribution in [0.15, 0.2) is 23.0 Å². The van der Waals surface area contributed by atoms with E-state index in [9.17, 15) is 0 Å². The summed E-state index contributed by atoms with van der Waals surface area (Å²) in [5, 5.41) is 4.04. The fourth-order valence-corrected chi connectivity index (χ4v) is 3.67. The highest BCUT2D eigenvalue weighted by Gasteiger charge is 2.46. The number of hydrogen-bond donors (Lipinski definition) is 0.